The van der Waals surface area contributed by atoms with Crippen molar-refractivity contribution in [3.63, 3.8) is 0 Å². The van der Waals surface area contributed by atoms with Crippen LogP contribution in [0.25, 0.3) is 0 Å². The Morgan fingerprint density at radius 2 is 1.75 bits per heavy atom. The standard InChI is InChI=1S/C10H21NO/c1-8(7-11(5)6)9(12)10(2,3)4/h8H,7H2,1-6H3. The van der Waals surface area contributed by atoms with E-state index in [1.165, 1.54) is 0 Å². The molecule has 1 unspecified atom stereocenters. The molecule has 0 spiro atoms. The Morgan fingerprint density at radius 1 is 1.33 bits per heavy atom. The monoisotopic (exact) mass is 171 g/mol. The van der Waals surface area contributed by atoms with Crippen LogP contribution in [0.15, 0.2) is 0 Å². The summed E-state index contributed by atoms with van der Waals surface area (Å²) in [7, 11) is 3.98. The Morgan fingerprint density at radius 3 is 2.00 bits per heavy atom. The molecule has 0 amide bonds. The van der Waals surface area contributed by atoms with Crippen LogP contribution in [0.3, 0.4) is 0 Å². The van der Waals surface area contributed by atoms with E-state index >= 15 is 0 Å². The topological polar surface area (TPSA) is 20.3 Å². The molecule has 0 radical (unpaired) electrons. The highest BCUT2D eigenvalue weighted by Crippen LogP contribution is 2.20. The first kappa shape index (κ1) is 11.6. The lowest BCUT2D eigenvalue weighted by Gasteiger charge is -2.23. The van der Waals surface area contributed by atoms with Crippen molar-refractivity contribution in [3.8, 4) is 0 Å². The van der Waals surface area contributed by atoms with Gasteiger partial charge in [-0.2, -0.15) is 0 Å². The molecule has 0 N–H and O–H groups in total. The van der Waals surface area contributed by atoms with Crippen LogP contribution in [0.4, 0.5) is 0 Å². The van der Waals surface area contributed by atoms with E-state index in [1.807, 2.05) is 46.7 Å². The third kappa shape index (κ3) is 3.86. The summed E-state index contributed by atoms with van der Waals surface area (Å²) in [6.07, 6.45) is 0. The summed E-state index contributed by atoms with van der Waals surface area (Å²) in [6, 6.07) is 0. The van der Waals surface area contributed by atoms with Gasteiger partial charge < -0.3 is 4.90 Å². The molecule has 0 aliphatic rings. The number of nitrogens with zero attached hydrogens (tertiary/aromatic N) is 1. The highest BCUT2D eigenvalue weighted by molar-refractivity contribution is 5.85. The van der Waals surface area contributed by atoms with E-state index in [4.69, 9.17) is 0 Å². The Hall–Kier alpha value is -0.370. The van der Waals surface area contributed by atoms with Crippen LogP contribution in [-0.4, -0.2) is 31.3 Å². The van der Waals surface area contributed by atoms with E-state index in [9.17, 15) is 4.79 Å². The minimum Gasteiger partial charge on any atom is -0.309 e. The minimum absolute atomic E-state index is 0.139. The Kier molecular flexibility index (Phi) is 3.91. The van der Waals surface area contributed by atoms with Gasteiger partial charge in [0.15, 0.2) is 0 Å². The number of ketones is 1. The predicted octanol–water partition coefficient (Wildman–Crippen LogP) is 1.80. The van der Waals surface area contributed by atoms with Crippen LogP contribution < -0.4 is 0 Å². The van der Waals surface area contributed by atoms with Crippen molar-refractivity contribution in [3.05, 3.63) is 0 Å². The molecule has 1 atom stereocenters. The van der Waals surface area contributed by atoms with Gasteiger partial charge >= 0.3 is 0 Å². The Balaban J connectivity index is 4.12. The van der Waals surface area contributed by atoms with Gasteiger partial charge in [0.25, 0.3) is 0 Å². The first-order valence-electron chi connectivity index (χ1n) is 4.44. The van der Waals surface area contributed by atoms with Crippen LogP contribution in [0.1, 0.15) is 27.7 Å². The number of hydrogen-bond acceptors (Lipinski definition) is 2. The number of carbonyl (C=O) groups is 1. The smallest absolute Gasteiger partial charge is 0.142 e. The number of rotatable bonds is 3. The van der Waals surface area contributed by atoms with Gasteiger partial charge in [-0.15, -0.1) is 0 Å². The summed E-state index contributed by atoms with van der Waals surface area (Å²) in [5, 5.41) is 0. The first-order chi connectivity index (χ1) is 5.25. The molecule has 0 aliphatic carbocycles. The average Bonchev–Trinajstić information content (AvgIpc) is 1.82. The maximum atomic E-state index is 11.7. The van der Waals surface area contributed by atoms with E-state index < -0.39 is 0 Å². The van der Waals surface area contributed by atoms with E-state index in [0.717, 1.165) is 6.54 Å². The minimum atomic E-state index is -0.199. The lowest BCUT2D eigenvalue weighted by atomic mass is 9.84. The van der Waals surface area contributed by atoms with Crippen molar-refractivity contribution in [2.45, 2.75) is 27.7 Å². The third-order valence-electron chi connectivity index (χ3n) is 1.83. The van der Waals surface area contributed by atoms with Gasteiger partial charge in [-0.05, 0) is 14.1 Å². The number of carbonyl (C=O) groups excluding carboxylic acids is 1. The second-order valence-corrected chi connectivity index (χ2v) is 4.78. The molecule has 0 heterocycles. The van der Waals surface area contributed by atoms with Crippen LogP contribution in [0.2, 0.25) is 0 Å². The highest BCUT2D eigenvalue weighted by atomic mass is 16.1. The van der Waals surface area contributed by atoms with Gasteiger partial charge in [-0.3, -0.25) is 4.79 Å². The molecule has 2 heteroatoms. The van der Waals surface area contributed by atoms with Crippen molar-refractivity contribution in [2.24, 2.45) is 11.3 Å². The molecule has 12 heavy (non-hydrogen) atoms. The van der Waals surface area contributed by atoms with Gasteiger partial charge in [0.05, 0.1) is 0 Å². The van der Waals surface area contributed by atoms with E-state index in [1.54, 1.807) is 0 Å². The van der Waals surface area contributed by atoms with Crippen molar-refractivity contribution in [2.75, 3.05) is 20.6 Å². The summed E-state index contributed by atoms with van der Waals surface area (Å²) in [5.41, 5.74) is -0.199. The van der Waals surface area contributed by atoms with Gasteiger partial charge in [0.1, 0.15) is 5.78 Å². The molecule has 0 saturated carbocycles. The fourth-order valence-corrected chi connectivity index (χ4v) is 1.37. The molecule has 0 aromatic carbocycles. The highest BCUT2D eigenvalue weighted by Gasteiger charge is 2.26. The molecular formula is C10H21NO. The molecule has 72 valence electrons. The summed E-state index contributed by atoms with van der Waals surface area (Å²) in [4.78, 5) is 13.7. The average molecular weight is 171 g/mol. The van der Waals surface area contributed by atoms with Crippen molar-refractivity contribution in [1.29, 1.82) is 0 Å². The molecule has 0 rings (SSSR count). The number of hydrogen-bond donors (Lipinski definition) is 0. The molecular weight excluding hydrogens is 150 g/mol. The zero-order chi connectivity index (χ0) is 9.94. The lowest BCUT2D eigenvalue weighted by Crippen LogP contribution is -2.33. The van der Waals surface area contributed by atoms with Gasteiger partial charge in [0.2, 0.25) is 0 Å². The largest absolute Gasteiger partial charge is 0.309 e. The fourth-order valence-electron chi connectivity index (χ4n) is 1.37. The summed E-state index contributed by atoms with van der Waals surface area (Å²) < 4.78 is 0. The summed E-state index contributed by atoms with van der Waals surface area (Å²) in [6.45, 7) is 8.76. The summed E-state index contributed by atoms with van der Waals surface area (Å²) in [5.74, 6) is 0.483. The molecule has 0 saturated heterocycles. The molecule has 0 bridgehead atoms. The van der Waals surface area contributed by atoms with Crippen LogP contribution in [-0.2, 0) is 4.79 Å². The normalized spacial score (nSPS) is 14.9. The molecule has 0 aliphatic heterocycles. The SMILES string of the molecule is CC(CN(C)C)C(=O)C(C)(C)C. The first-order valence-corrected chi connectivity index (χ1v) is 4.44. The van der Waals surface area contributed by atoms with E-state index in [-0.39, 0.29) is 11.3 Å². The zero-order valence-corrected chi connectivity index (χ0v) is 9.14. The van der Waals surface area contributed by atoms with Gasteiger partial charge in [-0.25, -0.2) is 0 Å². The maximum absolute atomic E-state index is 11.7. The second-order valence-electron chi connectivity index (χ2n) is 4.78. The van der Waals surface area contributed by atoms with Gasteiger partial charge in [-0.1, -0.05) is 27.7 Å². The van der Waals surface area contributed by atoms with Crippen molar-refractivity contribution in [1.82, 2.24) is 4.90 Å². The van der Waals surface area contributed by atoms with Crippen molar-refractivity contribution >= 4 is 5.78 Å². The lowest BCUT2D eigenvalue weighted by molar-refractivity contribution is -0.130. The molecule has 2 nitrogen and oxygen atoms in total. The third-order valence-corrected chi connectivity index (χ3v) is 1.83. The maximum Gasteiger partial charge on any atom is 0.142 e. The van der Waals surface area contributed by atoms with E-state index in [2.05, 4.69) is 0 Å². The van der Waals surface area contributed by atoms with Crippen LogP contribution in [0.5, 0.6) is 0 Å². The molecule has 0 fully saturated rings. The Bertz CT molecular complexity index is 156. The van der Waals surface area contributed by atoms with Crippen LogP contribution in [0, 0.1) is 11.3 Å². The molecule has 0 aromatic rings. The zero-order valence-electron chi connectivity index (χ0n) is 9.14. The molecule has 0 aromatic heterocycles. The number of Topliss-reactive ketones (excluding diaryl/α,β-unsaturated/α-hetero) is 1. The second kappa shape index (κ2) is 4.04. The fraction of sp³-hybridized carbons (Fsp3) is 0.900. The summed E-state index contributed by atoms with van der Waals surface area (Å²) >= 11 is 0. The predicted molar refractivity (Wildman–Crippen MR) is 52.2 cm³/mol. The van der Waals surface area contributed by atoms with Crippen LogP contribution >= 0.6 is 0 Å². The van der Waals surface area contributed by atoms with Crippen molar-refractivity contribution < 1.29 is 4.79 Å². The van der Waals surface area contributed by atoms with Gasteiger partial charge in [0, 0.05) is 17.9 Å². The quantitative estimate of drug-likeness (QED) is 0.645. The van der Waals surface area contributed by atoms with E-state index in [0.29, 0.717) is 5.78 Å². The Labute approximate surface area is 75.9 Å².